The van der Waals surface area contributed by atoms with Crippen LogP contribution < -0.4 is 0 Å². The smallest absolute Gasteiger partial charge is 0.306 e. The largest absolute Gasteiger partial charge is 0.462 e. The molecule has 1 atom stereocenters. The number of hydrogen-bond donors (Lipinski definition) is 0. The van der Waals surface area contributed by atoms with E-state index in [1.807, 2.05) is 0 Å². The van der Waals surface area contributed by atoms with Crippen molar-refractivity contribution >= 4 is 17.9 Å². The first-order chi connectivity index (χ1) is 33.0. The Bertz CT molecular complexity index is 1350. The number of unbranched alkanes of at least 4 members (excludes halogenated alkanes) is 22. The molecule has 382 valence electrons. The number of rotatable bonds is 49. The molecule has 0 bridgehead atoms. The molecule has 0 unspecified atom stereocenters. The van der Waals surface area contributed by atoms with Crippen LogP contribution in [-0.4, -0.2) is 37.2 Å². The van der Waals surface area contributed by atoms with Gasteiger partial charge in [-0.1, -0.05) is 208 Å². The van der Waals surface area contributed by atoms with Gasteiger partial charge in [-0.05, 0) is 122 Å². The van der Waals surface area contributed by atoms with Gasteiger partial charge in [-0.3, -0.25) is 14.4 Å². The highest BCUT2D eigenvalue weighted by Gasteiger charge is 2.19. The third-order valence-corrected chi connectivity index (χ3v) is 11.5. The molecule has 0 rings (SSSR count). The van der Waals surface area contributed by atoms with Crippen LogP contribution in [0.3, 0.4) is 0 Å². The zero-order valence-corrected chi connectivity index (χ0v) is 43.6. The molecule has 0 spiro atoms. The average Bonchev–Trinajstić information content (AvgIpc) is 3.33. The lowest BCUT2D eigenvalue weighted by molar-refractivity contribution is -0.167. The van der Waals surface area contributed by atoms with E-state index in [0.717, 1.165) is 83.5 Å². The molecule has 6 heteroatoms. The van der Waals surface area contributed by atoms with E-state index in [1.165, 1.54) is 122 Å². The SMILES string of the molecule is CCCCC/C=C\C/C=C\C/C=C\CCCCC(=O)OC[C@H](COC(=O)CCC/C=C\C/C=C\C/C=C\CCCCCCCC)OC(=O)CCCCCCCCC/C=C\C/C=C\CCCCC. The van der Waals surface area contributed by atoms with Gasteiger partial charge in [-0.2, -0.15) is 0 Å². The van der Waals surface area contributed by atoms with Crippen LogP contribution in [0.2, 0.25) is 0 Å². The Labute approximate surface area is 413 Å². The summed E-state index contributed by atoms with van der Waals surface area (Å²) in [5, 5.41) is 0. The van der Waals surface area contributed by atoms with Crippen LogP contribution in [0.25, 0.3) is 0 Å². The van der Waals surface area contributed by atoms with Gasteiger partial charge in [0.2, 0.25) is 0 Å². The molecular weight excluding hydrogens is 829 g/mol. The van der Waals surface area contributed by atoms with Crippen molar-refractivity contribution in [3.8, 4) is 0 Å². The standard InChI is InChI=1S/C61H102O6/c1-4-7-10-13-16-19-22-25-28-30-33-36-39-42-45-48-51-54-60(63)66-57-58(56-65-59(62)53-50-47-44-41-38-35-32-27-24-21-18-15-12-9-6-3)67-61(64)55-52-49-46-43-40-37-34-31-29-26-23-20-17-14-11-8-5-2/h17-18,20-21,25-29,32-33,36,38,41-42,45,58H,4-16,19,22-24,30-31,34-35,37,39-40,43-44,46-57H2,1-3H3/b20-17-,21-18-,28-25-,29-26-,32-27-,36-33-,41-38-,45-42-/t58-/m1/s1. The van der Waals surface area contributed by atoms with Gasteiger partial charge >= 0.3 is 17.9 Å². The van der Waals surface area contributed by atoms with E-state index >= 15 is 0 Å². The van der Waals surface area contributed by atoms with Gasteiger partial charge < -0.3 is 14.2 Å². The van der Waals surface area contributed by atoms with Crippen LogP contribution in [0, 0.1) is 0 Å². The summed E-state index contributed by atoms with van der Waals surface area (Å²) in [6, 6.07) is 0. The highest BCUT2D eigenvalue weighted by Crippen LogP contribution is 2.13. The molecule has 0 fully saturated rings. The molecule has 6 nitrogen and oxygen atoms in total. The number of esters is 3. The van der Waals surface area contributed by atoms with Crippen molar-refractivity contribution in [2.24, 2.45) is 0 Å². The molecule has 0 saturated carbocycles. The van der Waals surface area contributed by atoms with Crippen LogP contribution in [0.5, 0.6) is 0 Å². The van der Waals surface area contributed by atoms with Crippen LogP contribution in [0.1, 0.15) is 252 Å². The zero-order valence-electron chi connectivity index (χ0n) is 43.6. The van der Waals surface area contributed by atoms with Crippen molar-refractivity contribution in [3.63, 3.8) is 0 Å². The third-order valence-electron chi connectivity index (χ3n) is 11.5. The highest BCUT2D eigenvalue weighted by atomic mass is 16.6. The van der Waals surface area contributed by atoms with E-state index < -0.39 is 6.10 Å². The Balaban J connectivity index is 4.54. The molecule has 0 N–H and O–H groups in total. The van der Waals surface area contributed by atoms with Crippen LogP contribution in [0.4, 0.5) is 0 Å². The molecule has 0 aliphatic heterocycles. The Morgan fingerprint density at radius 3 is 0.955 bits per heavy atom. The van der Waals surface area contributed by atoms with Crippen molar-refractivity contribution in [1.82, 2.24) is 0 Å². The summed E-state index contributed by atoms with van der Waals surface area (Å²) in [7, 11) is 0. The van der Waals surface area contributed by atoms with Crippen LogP contribution in [0.15, 0.2) is 97.2 Å². The molecule has 0 amide bonds. The summed E-state index contributed by atoms with van der Waals surface area (Å²) < 4.78 is 16.8. The first-order valence-electron chi connectivity index (χ1n) is 27.7. The molecule has 0 saturated heterocycles. The lowest BCUT2D eigenvalue weighted by atomic mass is 10.1. The van der Waals surface area contributed by atoms with E-state index in [-0.39, 0.29) is 37.5 Å². The Kier molecular flexibility index (Phi) is 51.9. The van der Waals surface area contributed by atoms with Crippen molar-refractivity contribution in [2.45, 2.75) is 258 Å². The van der Waals surface area contributed by atoms with E-state index in [0.29, 0.717) is 19.3 Å². The Morgan fingerprint density at radius 2 is 0.552 bits per heavy atom. The normalized spacial score (nSPS) is 12.8. The Hall–Kier alpha value is -3.67. The predicted octanol–water partition coefficient (Wildman–Crippen LogP) is 18.5. The second-order valence-corrected chi connectivity index (χ2v) is 18.1. The van der Waals surface area contributed by atoms with E-state index in [1.54, 1.807) is 0 Å². The second-order valence-electron chi connectivity index (χ2n) is 18.1. The number of carbonyl (C=O) groups excluding carboxylic acids is 3. The van der Waals surface area contributed by atoms with Gasteiger partial charge in [0.1, 0.15) is 13.2 Å². The number of hydrogen-bond acceptors (Lipinski definition) is 6. The lowest BCUT2D eigenvalue weighted by Gasteiger charge is -2.18. The number of carbonyl (C=O) groups is 3. The lowest BCUT2D eigenvalue weighted by Crippen LogP contribution is -2.30. The third kappa shape index (κ3) is 53.2. The maximum Gasteiger partial charge on any atom is 0.306 e. The van der Waals surface area contributed by atoms with E-state index in [4.69, 9.17) is 14.2 Å². The monoisotopic (exact) mass is 931 g/mol. The van der Waals surface area contributed by atoms with Crippen molar-refractivity contribution in [1.29, 1.82) is 0 Å². The summed E-state index contributed by atoms with van der Waals surface area (Å²) in [6.45, 7) is 6.49. The van der Waals surface area contributed by atoms with E-state index in [2.05, 4.69) is 118 Å². The minimum Gasteiger partial charge on any atom is -0.462 e. The minimum absolute atomic E-state index is 0.117. The maximum atomic E-state index is 12.8. The summed E-state index contributed by atoms with van der Waals surface area (Å²) in [6.07, 6.45) is 72.5. The number of allylic oxidation sites excluding steroid dienone is 16. The molecule has 67 heavy (non-hydrogen) atoms. The first-order valence-corrected chi connectivity index (χ1v) is 27.7. The predicted molar refractivity (Wildman–Crippen MR) is 288 cm³/mol. The minimum atomic E-state index is -0.819. The first kappa shape index (κ1) is 63.3. The molecule has 0 heterocycles. The zero-order chi connectivity index (χ0) is 48.6. The van der Waals surface area contributed by atoms with Crippen LogP contribution in [-0.2, 0) is 28.6 Å². The summed E-state index contributed by atoms with van der Waals surface area (Å²) in [4.78, 5) is 38.1. The van der Waals surface area contributed by atoms with Gasteiger partial charge in [0.25, 0.3) is 0 Å². The average molecular weight is 931 g/mol. The van der Waals surface area contributed by atoms with Gasteiger partial charge in [0, 0.05) is 19.3 Å². The fourth-order valence-electron chi connectivity index (χ4n) is 7.32. The molecule has 0 aliphatic rings. The summed E-state index contributed by atoms with van der Waals surface area (Å²) >= 11 is 0. The topological polar surface area (TPSA) is 78.9 Å². The molecule has 0 radical (unpaired) electrons. The van der Waals surface area contributed by atoms with E-state index in [9.17, 15) is 14.4 Å². The fourth-order valence-corrected chi connectivity index (χ4v) is 7.32. The second kappa shape index (κ2) is 54.9. The molecule has 0 aromatic carbocycles. The van der Waals surface area contributed by atoms with Crippen molar-refractivity contribution in [3.05, 3.63) is 97.2 Å². The van der Waals surface area contributed by atoms with Gasteiger partial charge in [0.05, 0.1) is 0 Å². The summed E-state index contributed by atoms with van der Waals surface area (Å²) in [5.41, 5.74) is 0. The summed E-state index contributed by atoms with van der Waals surface area (Å²) in [5.74, 6) is -1.01. The van der Waals surface area contributed by atoms with Gasteiger partial charge in [0.15, 0.2) is 6.10 Å². The van der Waals surface area contributed by atoms with Crippen molar-refractivity contribution in [2.75, 3.05) is 13.2 Å². The molecule has 0 aromatic rings. The quantitative estimate of drug-likeness (QED) is 0.0262. The van der Waals surface area contributed by atoms with Gasteiger partial charge in [-0.25, -0.2) is 0 Å². The number of ether oxygens (including phenoxy) is 3. The molecule has 0 aromatic heterocycles. The Morgan fingerprint density at radius 1 is 0.299 bits per heavy atom. The molecule has 0 aliphatic carbocycles. The van der Waals surface area contributed by atoms with Gasteiger partial charge in [-0.15, -0.1) is 0 Å². The van der Waals surface area contributed by atoms with Crippen molar-refractivity contribution < 1.29 is 28.6 Å². The molecular formula is C61H102O6. The fraction of sp³-hybridized carbons (Fsp3) is 0.689. The maximum absolute atomic E-state index is 12.8. The highest BCUT2D eigenvalue weighted by molar-refractivity contribution is 5.71. The van der Waals surface area contributed by atoms with Crippen LogP contribution >= 0.6 is 0 Å².